The lowest BCUT2D eigenvalue weighted by molar-refractivity contribution is 0.252. The molecule has 1 N–H and O–H groups in total. The summed E-state index contributed by atoms with van der Waals surface area (Å²) >= 11 is 3.45. The van der Waals surface area contributed by atoms with Gasteiger partial charge in [-0.25, -0.2) is 4.79 Å². The van der Waals surface area contributed by atoms with E-state index in [9.17, 15) is 4.79 Å². The summed E-state index contributed by atoms with van der Waals surface area (Å²) in [6, 6.07) is 4.07. The predicted octanol–water partition coefficient (Wildman–Crippen LogP) is 2.60. The van der Waals surface area contributed by atoms with E-state index in [1.54, 1.807) is 4.90 Å². The summed E-state index contributed by atoms with van der Waals surface area (Å²) in [4.78, 5) is 13.4. The number of anilines is 1. The number of amides is 2. The fraction of sp³-hybridized carbons (Fsp3) is 0.364. The quantitative estimate of drug-likeness (QED) is 0.835. The Labute approximate surface area is 97.6 Å². The van der Waals surface area contributed by atoms with Crippen molar-refractivity contribution in [2.24, 2.45) is 0 Å². The van der Waals surface area contributed by atoms with Gasteiger partial charge in [0.2, 0.25) is 0 Å². The number of carbonyl (C=O) groups is 1. The second-order valence-electron chi connectivity index (χ2n) is 3.77. The van der Waals surface area contributed by atoms with Crippen LogP contribution in [-0.2, 0) is 0 Å². The van der Waals surface area contributed by atoms with Crippen molar-refractivity contribution in [3.63, 3.8) is 0 Å². The van der Waals surface area contributed by atoms with E-state index >= 15 is 0 Å². The molecule has 0 atom stereocenters. The average molecular weight is 269 g/mol. The van der Waals surface area contributed by atoms with Crippen molar-refractivity contribution in [3.05, 3.63) is 27.7 Å². The molecule has 0 bridgehead atoms. The van der Waals surface area contributed by atoms with Gasteiger partial charge in [-0.1, -0.05) is 15.9 Å². The van der Waals surface area contributed by atoms with Gasteiger partial charge in [0.1, 0.15) is 0 Å². The highest BCUT2D eigenvalue weighted by Gasteiger charge is 2.23. The van der Waals surface area contributed by atoms with Gasteiger partial charge in [0.05, 0.1) is 5.69 Å². The Kier molecular flexibility index (Phi) is 2.69. The minimum atomic E-state index is 0.00326. The first kappa shape index (κ1) is 10.5. The molecular weight excluding hydrogens is 256 g/mol. The molecule has 0 radical (unpaired) electrons. The van der Waals surface area contributed by atoms with Crippen LogP contribution in [0.2, 0.25) is 0 Å². The van der Waals surface area contributed by atoms with Gasteiger partial charge in [-0.2, -0.15) is 0 Å². The Morgan fingerprint density at radius 3 is 2.40 bits per heavy atom. The summed E-state index contributed by atoms with van der Waals surface area (Å²) in [7, 11) is 0. The van der Waals surface area contributed by atoms with E-state index in [0.717, 1.165) is 34.4 Å². The minimum absolute atomic E-state index is 0.00326. The van der Waals surface area contributed by atoms with Crippen LogP contribution in [0.15, 0.2) is 16.6 Å². The van der Waals surface area contributed by atoms with Crippen LogP contribution >= 0.6 is 15.9 Å². The molecule has 0 aromatic heterocycles. The summed E-state index contributed by atoms with van der Waals surface area (Å²) in [6.45, 7) is 5.54. The van der Waals surface area contributed by atoms with Gasteiger partial charge < -0.3 is 5.32 Å². The van der Waals surface area contributed by atoms with E-state index in [2.05, 4.69) is 21.2 Å². The predicted molar refractivity (Wildman–Crippen MR) is 64.4 cm³/mol. The van der Waals surface area contributed by atoms with Crippen LogP contribution < -0.4 is 10.2 Å². The second kappa shape index (κ2) is 3.85. The lowest BCUT2D eigenvalue weighted by Crippen LogP contribution is -2.28. The SMILES string of the molecule is Cc1cc(Br)cc(C)c1N1CCNC1=O. The van der Waals surface area contributed by atoms with Gasteiger partial charge in [-0.15, -0.1) is 0 Å². The lowest BCUT2D eigenvalue weighted by atomic mass is 10.1. The van der Waals surface area contributed by atoms with Crippen LogP contribution in [0.25, 0.3) is 0 Å². The van der Waals surface area contributed by atoms with E-state index in [0.29, 0.717) is 0 Å². The van der Waals surface area contributed by atoms with Crippen LogP contribution in [-0.4, -0.2) is 19.1 Å². The third kappa shape index (κ3) is 1.86. The Balaban J connectivity index is 2.47. The highest BCUT2D eigenvalue weighted by Crippen LogP contribution is 2.29. The zero-order chi connectivity index (χ0) is 11.0. The molecular formula is C11H13BrN2O. The monoisotopic (exact) mass is 268 g/mol. The molecule has 1 fully saturated rings. The maximum Gasteiger partial charge on any atom is 0.322 e. The summed E-state index contributed by atoms with van der Waals surface area (Å²) < 4.78 is 1.06. The molecule has 0 aliphatic carbocycles. The number of hydrogen-bond donors (Lipinski definition) is 1. The first-order valence-corrected chi connectivity index (χ1v) is 5.71. The molecule has 1 aliphatic rings. The first-order chi connectivity index (χ1) is 7.09. The smallest absolute Gasteiger partial charge is 0.322 e. The van der Waals surface area contributed by atoms with Crippen LogP contribution in [0.4, 0.5) is 10.5 Å². The zero-order valence-electron chi connectivity index (χ0n) is 8.80. The molecule has 80 valence electrons. The molecule has 4 heteroatoms. The maximum absolute atomic E-state index is 11.6. The van der Waals surface area contributed by atoms with Crippen LogP contribution in [0.3, 0.4) is 0 Å². The fourth-order valence-corrected chi connectivity index (χ4v) is 2.70. The van der Waals surface area contributed by atoms with E-state index < -0.39 is 0 Å². The number of halogens is 1. The number of benzene rings is 1. The van der Waals surface area contributed by atoms with Gasteiger partial charge in [-0.05, 0) is 37.1 Å². The molecule has 3 nitrogen and oxygen atoms in total. The standard InChI is InChI=1S/C11H13BrN2O/c1-7-5-9(12)6-8(2)10(7)14-4-3-13-11(14)15/h5-6H,3-4H2,1-2H3,(H,13,15). The van der Waals surface area contributed by atoms with Crippen LogP contribution in [0.5, 0.6) is 0 Å². The molecule has 0 saturated carbocycles. The Morgan fingerprint density at radius 2 is 1.93 bits per heavy atom. The topological polar surface area (TPSA) is 32.3 Å². The van der Waals surface area contributed by atoms with Crippen LogP contribution in [0.1, 0.15) is 11.1 Å². The third-order valence-electron chi connectivity index (χ3n) is 2.58. The zero-order valence-corrected chi connectivity index (χ0v) is 10.4. The van der Waals surface area contributed by atoms with Crippen molar-refractivity contribution in [2.75, 3.05) is 18.0 Å². The molecule has 2 rings (SSSR count). The maximum atomic E-state index is 11.6. The number of rotatable bonds is 1. The highest BCUT2D eigenvalue weighted by atomic mass is 79.9. The number of aryl methyl sites for hydroxylation is 2. The van der Waals surface area contributed by atoms with E-state index in [1.165, 1.54) is 0 Å². The molecule has 2 amide bonds. The molecule has 1 aromatic carbocycles. The first-order valence-electron chi connectivity index (χ1n) is 4.91. The Hall–Kier alpha value is -1.03. The Morgan fingerprint density at radius 1 is 1.33 bits per heavy atom. The molecule has 1 aliphatic heterocycles. The Bertz CT molecular complexity index is 394. The van der Waals surface area contributed by atoms with Crippen LogP contribution in [0, 0.1) is 13.8 Å². The molecule has 15 heavy (non-hydrogen) atoms. The molecule has 1 aromatic rings. The van der Waals surface area contributed by atoms with E-state index in [-0.39, 0.29) is 6.03 Å². The van der Waals surface area contributed by atoms with Gasteiger partial charge in [0.15, 0.2) is 0 Å². The van der Waals surface area contributed by atoms with Gasteiger partial charge in [0, 0.05) is 17.6 Å². The summed E-state index contributed by atoms with van der Waals surface area (Å²) in [5.74, 6) is 0. The van der Waals surface area contributed by atoms with Gasteiger partial charge >= 0.3 is 6.03 Å². The fourth-order valence-electron chi connectivity index (χ4n) is 2.01. The lowest BCUT2D eigenvalue weighted by Gasteiger charge is -2.19. The van der Waals surface area contributed by atoms with Crippen molar-refractivity contribution in [1.82, 2.24) is 5.32 Å². The number of carbonyl (C=O) groups excluding carboxylic acids is 1. The molecule has 1 heterocycles. The second-order valence-corrected chi connectivity index (χ2v) is 4.69. The summed E-state index contributed by atoms with van der Waals surface area (Å²) in [6.07, 6.45) is 0. The summed E-state index contributed by atoms with van der Waals surface area (Å²) in [5.41, 5.74) is 3.28. The highest BCUT2D eigenvalue weighted by molar-refractivity contribution is 9.10. The molecule has 1 saturated heterocycles. The van der Waals surface area contributed by atoms with Gasteiger partial charge in [-0.3, -0.25) is 4.90 Å². The number of urea groups is 1. The van der Waals surface area contributed by atoms with Crippen molar-refractivity contribution in [2.45, 2.75) is 13.8 Å². The van der Waals surface area contributed by atoms with Crippen molar-refractivity contribution in [3.8, 4) is 0 Å². The number of nitrogens with one attached hydrogen (secondary N) is 1. The number of hydrogen-bond acceptors (Lipinski definition) is 1. The minimum Gasteiger partial charge on any atom is -0.336 e. The van der Waals surface area contributed by atoms with Crippen molar-refractivity contribution >= 4 is 27.6 Å². The normalized spacial score (nSPS) is 15.7. The average Bonchev–Trinajstić information content (AvgIpc) is 2.50. The number of nitrogens with zero attached hydrogens (tertiary/aromatic N) is 1. The molecule has 0 spiro atoms. The largest absolute Gasteiger partial charge is 0.336 e. The van der Waals surface area contributed by atoms with E-state index in [1.807, 2.05) is 26.0 Å². The van der Waals surface area contributed by atoms with Crippen molar-refractivity contribution < 1.29 is 4.79 Å². The van der Waals surface area contributed by atoms with Gasteiger partial charge in [0.25, 0.3) is 0 Å². The van der Waals surface area contributed by atoms with E-state index in [4.69, 9.17) is 0 Å². The summed E-state index contributed by atoms with van der Waals surface area (Å²) in [5, 5.41) is 2.81. The van der Waals surface area contributed by atoms with Crippen molar-refractivity contribution in [1.29, 1.82) is 0 Å². The molecule has 0 unspecified atom stereocenters. The third-order valence-corrected chi connectivity index (χ3v) is 3.04.